The van der Waals surface area contributed by atoms with Crippen LogP contribution in [0.2, 0.25) is 0 Å². The maximum absolute atomic E-state index is 13.9. The van der Waals surface area contributed by atoms with Crippen molar-refractivity contribution in [1.82, 2.24) is 19.5 Å². The van der Waals surface area contributed by atoms with Crippen LogP contribution in [0.1, 0.15) is 31.9 Å². The fourth-order valence-corrected chi connectivity index (χ4v) is 5.17. The number of aromatic nitrogens is 3. The Kier molecular flexibility index (Phi) is 6.04. The van der Waals surface area contributed by atoms with Crippen LogP contribution in [-0.2, 0) is 6.54 Å². The number of aryl methyl sites for hydroxylation is 1. The van der Waals surface area contributed by atoms with Gasteiger partial charge in [0.1, 0.15) is 11.5 Å². The third-order valence-corrected chi connectivity index (χ3v) is 6.92. The number of nitrogens with zero attached hydrogens (tertiary/aromatic N) is 5. The van der Waals surface area contributed by atoms with Crippen LogP contribution in [0.25, 0.3) is 16.2 Å². The molecule has 1 fully saturated rings. The molecule has 0 amide bonds. The average molecular weight is 479 g/mol. The molecular formula is C26H31FN6S. The first-order valence-electron chi connectivity index (χ1n) is 11.7. The molecule has 5 rings (SSSR count). The zero-order valence-corrected chi connectivity index (χ0v) is 21.0. The van der Waals surface area contributed by atoms with Gasteiger partial charge in [-0.05, 0) is 45.4 Å². The minimum Gasteiger partial charge on any atom is -0.364 e. The van der Waals surface area contributed by atoms with Crippen molar-refractivity contribution in [3.63, 3.8) is 0 Å². The first kappa shape index (κ1) is 22.8. The summed E-state index contributed by atoms with van der Waals surface area (Å²) in [5.41, 5.74) is 3.93. The van der Waals surface area contributed by atoms with Crippen LogP contribution in [-0.4, -0.2) is 51.2 Å². The zero-order valence-electron chi connectivity index (χ0n) is 20.2. The van der Waals surface area contributed by atoms with Gasteiger partial charge in [-0.1, -0.05) is 53.3 Å². The number of fused-ring (bicyclic) bond motifs is 1. The quantitative estimate of drug-likeness (QED) is 0.414. The zero-order chi connectivity index (χ0) is 23.9. The van der Waals surface area contributed by atoms with Crippen LogP contribution in [0.15, 0.2) is 48.5 Å². The van der Waals surface area contributed by atoms with E-state index in [9.17, 15) is 4.39 Å². The Hall–Kier alpha value is -2.97. The van der Waals surface area contributed by atoms with E-state index in [0.717, 1.165) is 59.9 Å². The Labute approximate surface area is 204 Å². The van der Waals surface area contributed by atoms with E-state index < -0.39 is 0 Å². The lowest BCUT2D eigenvalue weighted by Crippen LogP contribution is -2.46. The molecule has 8 heteroatoms. The highest BCUT2D eigenvalue weighted by molar-refractivity contribution is 7.20. The average Bonchev–Trinajstić information content (AvgIpc) is 3.34. The van der Waals surface area contributed by atoms with Crippen LogP contribution >= 0.6 is 11.3 Å². The van der Waals surface area contributed by atoms with E-state index in [1.165, 1.54) is 23.3 Å². The minimum atomic E-state index is -0.271. The third kappa shape index (κ3) is 4.93. The molecule has 0 bridgehead atoms. The number of benzene rings is 2. The summed E-state index contributed by atoms with van der Waals surface area (Å²) in [6.45, 7) is 13.3. The maximum Gasteiger partial charge on any atom is 0.216 e. The van der Waals surface area contributed by atoms with Crippen molar-refractivity contribution < 1.29 is 4.39 Å². The standard InChI is InChI=1S/C26H31FN6S/c1-18-8-10-19(11-9-18)17-31-12-14-32(15-13-31)25-30-33-23(29-26(2,3)4)22(28-24(33)34-25)20-6-5-7-21(27)16-20/h5-11,16,29H,12-15,17H2,1-4H3. The Bertz CT molecular complexity index is 1280. The molecule has 34 heavy (non-hydrogen) atoms. The van der Waals surface area contributed by atoms with E-state index in [-0.39, 0.29) is 11.4 Å². The molecule has 2 aromatic heterocycles. The van der Waals surface area contributed by atoms with Crippen LogP contribution in [0.5, 0.6) is 0 Å². The van der Waals surface area contributed by atoms with Crippen molar-refractivity contribution in [2.24, 2.45) is 0 Å². The van der Waals surface area contributed by atoms with E-state index >= 15 is 0 Å². The van der Waals surface area contributed by atoms with Gasteiger partial charge in [0.15, 0.2) is 5.82 Å². The molecule has 1 saturated heterocycles. The molecule has 0 radical (unpaired) electrons. The summed E-state index contributed by atoms with van der Waals surface area (Å²) in [5.74, 6) is 0.529. The van der Waals surface area contributed by atoms with E-state index in [1.807, 2.05) is 10.6 Å². The molecule has 6 nitrogen and oxygen atoms in total. The molecule has 4 aromatic rings. The second-order valence-corrected chi connectivity index (χ2v) is 11.0. The van der Waals surface area contributed by atoms with Crippen LogP contribution in [0.3, 0.4) is 0 Å². The van der Waals surface area contributed by atoms with Gasteiger partial charge in [0.2, 0.25) is 10.1 Å². The number of hydrogen-bond donors (Lipinski definition) is 1. The number of anilines is 2. The Morgan fingerprint density at radius 2 is 1.76 bits per heavy atom. The molecule has 1 aliphatic rings. The first-order chi connectivity index (χ1) is 16.2. The van der Waals surface area contributed by atoms with Gasteiger partial charge in [-0.25, -0.2) is 9.37 Å². The lowest BCUT2D eigenvalue weighted by atomic mass is 10.1. The predicted octanol–water partition coefficient (Wildman–Crippen LogP) is 5.44. The summed E-state index contributed by atoms with van der Waals surface area (Å²) in [4.78, 5) is 10.5. The van der Waals surface area contributed by atoms with Gasteiger partial charge in [0.25, 0.3) is 0 Å². The summed E-state index contributed by atoms with van der Waals surface area (Å²) in [7, 11) is 0. The number of nitrogens with one attached hydrogen (secondary N) is 1. The normalized spacial score (nSPS) is 15.3. The lowest BCUT2D eigenvalue weighted by molar-refractivity contribution is 0.249. The van der Waals surface area contributed by atoms with E-state index in [4.69, 9.17) is 10.1 Å². The summed E-state index contributed by atoms with van der Waals surface area (Å²) < 4.78 is 15.8. The minimum absolute atomic E-state index is 0.191. The Balaban J connectivity index is 1.36. The number of halogens is 1. The fraction of sp³-hybridized carbons (Fsp3) is 0.385. The number of imidazole rings is 1. The molecule has 1 aliphatic heterocycles. The van der Waals surface area contributed by atoms with E-state index in [0.29, 0.717) is 0 Å². The summed E-state index contributed by atoms with van der Waals surface area (Å²) in [6.07, 6.45) is 0. The van der Waals surface area contributed by atoms with Crippen molar-refractivity contribution in [3.8, 4) is 11.3 Å². The number of hydrogen-bond acceptors (Lipinski definition) is 6. The maximum atomic E-state index is 13.9. The van der Waals surface area contributed by atoms with Crippen LogP contribution in [0, 0.1) is 12.7 Å². The van der Waals surface area contributed by atoms with Crippen LogP contribution < -0.4 is 10.2 Å². The SMILES string of the molecule is Cc1ccc(CN2CCN(c3nn4c(NC(C)(C)C)c(-c5cccc(F)c5)nc4s3)CC2)cc1. The Morgan fingerprint density at radius 1 is 1.03 bits per heavy atom. The molecule has 0 saturated carbocycles. The van der Waals surface area contributed by atoms with Gasteiger partial charge in [0.05, 0.1) is 0 Å². The predicted molar refractivity (Wildman–Crippen MR) is 138 cm³/mol. The topological polar surface area (TPSA) is 48.7 Å². The molecule has 3 heterocycles. The highest BCUT2D eigenvalue weighted by Gasteiger charge is 2.25. The van der Waals surface area contributed by atoms with Crippen molar-refractivity contribution in [3.05, 3.63) is 65.5 Å². The third-order valence-electron chi connectivity index (χ3n) is 5.95. The molecule has 0 atom stereocenters. The van der Waals surface area contributed by atoms with E-state index in [2.05, 4.69) is 67.1 Å². The molecule has 178 valence electrons. The molecule has 0 unspecified atom stereocenters. The van der Waals surface area contributed by atoms with Gasteiger partial charge >= 0.3 is 0 Å². The van der Waals surface area contributed by atoms with Gasteiger partial charge in [-0.15, -0.1) is 5.10 Å². The highest BCUT2D eigenvalue weighted by Crippen LogP contribution is 2.35. The van der Waals surface area contributed by atoms with Gasteiger partial charge in [-0.3, -0.25) is 4.90 Å². The molecule has 1 N–H and O–H groups in total. The lowest BCUT2D eigenvalue weighted by Gasteiger charge is -2.34. The highest BCUT2D eigenvalue weighted by atomic mass is 32.1. The van der Waals surface area contributed by atoms with Crippen molar-refractivity contribution >= 4 is 27.2 Å². The molecule has 0 spiro atoms. The Morgan fingerprint density at radius 3 is 2.44 bits per heavy atom. The largest absolute Gasteiger partial charge is 0.364 e. The smallest absolute Gasteiger partial charge is 0.216 e. The van der Waals surface area contributed by atoms with Gasteiger partial charge in [-0.2, -0.15) is 4.52 Å². The van der Waals surface area contributed by atoms with Crippen LogP contribution in [0.4, 0.5) is 15.3 Å². The van der Waals surface area contributed by atoms with Crippen molar-refractivity contribution in [1.29, 1.82) is 0 Å². The second kappa shape index (κ2) is 9.00. The first-order valence-corrected chi connectivity index (χ1v) is 12.5. The summed E-state index contributed by atoms with van der Waals surface area (Å²) >= 11 is 1.58. The molecule has 0 aliphatic carbocycles. The van der Waals surface area contributed by atoms with Gasteiger partial charge < -0.3 is 10.2 Å². The van der Waals surface area contributed by atoms with E-state index in [1.54, 1.807) is 17.4 Å². The summed E-state index contributed by atoms with van der Waals surface area (Å²) in [6, 6.07) is 15.4. The monoisotopic (exact) mass is 478 g/mol. The summed E-state index contributed by atoms with van der Waals surface area (Å²) in [5, 5.41) is 9.44. The molecule has 2 aromatic carbocycles. The number of rotatable bonds is 5. The second-order valence-electron chi connectivity index (χ2n) is 10.0. The number of piperazine rings is 1. The fourth-order valence-electron chi connectivity index (χ4n) is 4.22. The molecular weight excluding hydrogens is 447 g/mol. The van der Waals surface area contributed by atoms with Gasteiger partial charge in [0, 0.05) is 43.8 Å². The van der Waals surface area contributed by atoms with Crippen molar-refractivity contribution in [2.75, 3.05) is 36.4 Å². The van der Waals surface area contributed by atoms with Crippen molar-refractivity contribution in [2.45, 2.75) is 39.8 Å².